The van der Waals surface area contributed by atoms with Crippen LogP contribution in [0, 0.1) is 25.7 Å². The number of rotatable bonds is 4. The Morgan fingerprint density at radius 2 is 1.95 bits per heavy atom. The molecule has 0 aliphatic rings. The zero-order chi connectivity index (χ0) is 15.1. The van der Waals surface area contributed by atoms with E-state index in [1.807, 2.05) is 31.2 Å². The Kier molecular flexibility index (Phi) is 5.43. The van der Waals surface area contributed by atoms with Crippen LogP contribution in [0.25, 0.3) is 0 Å². The smallest absolute Gasteiger partial charge is 0.122 e. The lowest BCUT2D eigenvalue weighted by Crippen LogP contribution is -1.97. The maximum atomic E-state index is 8.74. The van der Waals surface area contributed by atoms with E-state index in [4.69, 9.17) is 9.84 Å². The SMILES string of the molecule is Cc1ccc(C)c(OCc2cccc(C#CCCO)c2)c1. The molecular formula is C19H20O2. The first-order valence-corrected chi connectivity index (χ1v) is 7.08. The molecule has 0 fully saturated rings. The summed E-state index contributed by atoms with van der Waals surface area (Å²) in [5.74, 6) is 6.89. The van der Waals surface area contributed by atoms with Gasteiger partial charge in [-0.2, -0.15) is 0 Å². The Hall–Kier alpha value is -2.24. The van der Waals surface area contributed by atoms with Crippen molar-refractivity contribution >= 4 is 0 Å². The predicted molar refractivity (Wildman–Crippen MR) is 85.3 cm³/mol. The Balaban J connectivity index is 2.05. The van der Waals surface area contributed by atoms with E-state index in [1.165, 1.54) is 5.56 Å². The van der Waals surface area contributed by atoms with Crippen LogP contribution in [0.3, 0.4) is 0 Å². The van der Waals surface area contributed by atoms with Crippen molar-refractivity contribution in [3.63, 3.8) is 0 Å². The van der Waals surface area contributed by atoms with Crippen LogP contribution in [-0.2, 0) is 6.61 Å². The lowest BCUT2D eigenvalue weighted by Gasteiger charge is -2.10. The third kappa shape index (κ3) is 4.66. The summed E-state index contributed by atoms with van der Waals surface area (Å²) in [7, 11) is 0. The molecule has 0 atom stereocenters. The highest BCUT2D eigenvalue weighted by Gasteiger charge is 2.01. The van der Waals surface area contributed by atoms with Crippen molar-refractivity contribution in [1.82, 2.24) is 0 Å². The van der Waals surface area contributed by atoms with Gasteiger partial charge >= 0.3 is 0 Å². The maximum absolute atomic E-state index is 8.74. The maximum Gasteiger partial charge on any atom is 0.122 e. The van der Waals surface area contributed by atoms with E-state index in [0.717, 1.165) is 22.4 Å². The molecule has 108 valence electrons. The van der Waals surface area contributed by atoms with Crippen LogP contribution in [0.2, 0.25) is 0 Å². The summed E-state index contributed by atoms with van der Waals surface area (Å²) < 4.78 is 5.90. The first-order valence-electron chi connectivity index (χ1n) is 7.08. The molecule has 0 bridgehead atoms. The van der Waals surface area contributed by atoms with E-state index in [9.17, 15) is 0 Å². The summed E-state index contributed by atoms with van der Waals surface area (Å²) in [4.78, 5) is 0. The van der Waals surface area contributed by atoms with Crippen LogP contribution in [-0.4, -0.2) is 11.7 Å². The van der Waals surface area contributed by atoms with Gasteiger partial charge in [0.05, 0.1) is 6.61 Å². The molecule has 2 aromatic carbocycles. The van der Waals surface area contributed by atoms with E-state index in [-0.39, 0.29) is 6.61 Å². The quantitative estimate of drug-likeness (QED) is 0.867. The number of ether oxygens (including phenoxy) is 1. The molecule has 0 aromatic heterocycles. The molecule has 21 heavy (non-hydrogen) atoms. The van der Waals surface area contributed by atoms with Crippen molar-refractivity contribution < 1.29 is 9.84 Å². The van der Waals surface area contributed by atoms with Crippen LogP contribution >= 0.6 is 0 Å². The molecule has 0 amide bonds. The Morgan fingerprint density at radius 1 is 1.10 bits per heavy atom. The number of hydrogen-bond acceptors (Lipinski definition) is 2. The van der Waals surface area contributed by atoms with Gasteiger partial charge in [0.2, 0.25) is 0 Å². The number of benzene rings is 2. The summed E-state index contributed by atoms with van der Waals surface area (Å²) in [6, 6.07) is 14.2. The van der Waals surface area contributed by atoms with Crippen molar-refractivity contribution in [1.29, 1.82) is 0 Å². The zero-order valence-corrected chi connectivity index (χ0v) is 12.5. The van der Waals surface area contributed by atoms with Crippen molar-refractivity contribution in [2.45, 2.75) is 26.9 Å². The molecule has 0 radical (unpaired) electrons. The highest BCUT2D eigenvalue weighted by atomic mass is 16.5. The van der Waals surface area contributed by atoms with Gasteiger partial charge in [-0.25, -0.2) is 0 Å². The molecule has 2 nitrogen and oxygen atoms in total. The minimum atomic E-state index is 0.0996. The van der Waals surface area contributed by atoms with Crippen molar-refractivity contribution in [3.05, 3.63) is 64.7 Å². The highest BCUT2D eigenvalue weighted by Crippen LogP contribution is 2.20. The second-order valence-corrected chi connectivity index (χ2v) is 5.03. The molecule has 2 heteroatoms. The average molecular weight is 280 g/mol. The fourth-order valence-corrected chi connectivity index (χ4v) is 1.98. The van der Waals surface area contributed by atoms with Gasteiger partial charge in [-0.15, -0.1) is 0 Å². The second kappa shape index (κ2) is 7.52. The first-order chi connectivity index (χ1) is 10.2. The number of aliphatic hydroxyl groups is 1. The zero-order valence-electron chi connectivity index (χ0n) is 12.5. The normalized spacial score (nSPS) is 9.86. The van der Waals surface area contributed by atoms with Gasteiger partial charge in [0, 0.05) is 12.0 Å². The summed E-state index contributed by atoms with van der Waals surface area (Å²) in [5.41, 5.74) is 4.37. The fraction of sp³-hybridized carbons (Fsp3) is 0.263. The summed E-state index contributed by atoms with van der Waals surface area (Å²) >= 11 is 0. The van der Waals surface area contributed by atoms with Gasteiger partial charge in [0.25, 0.3) is 0 Å². The lowest BCUT2D eigenvalue weighted by molar-refractivity contribution is 0.304. The van der Waals surface area contributed by atoms with Gasteiger partial charge in [0.15, 0.2) is 0 Å². The number of aliphatic hydroxyl groups excluding tert-OH is 1. The van der Waals surface area contributed by atoms with E-state index in [1.54, 1.807) is 0 Å². The first kappa shape index (κ1) is 15.2. The minimum absolute atomic E-state index is 0.0996. The molecule has 2 rings (SSSR count). The molecule has 0 aliphatic heterocycles. The summed E-state index contributed by atoms with van der Waals surface area (Å²) in [5, 5.41) is 8.74. The third-order valence-electron chi connectivity index (χ3n) is 3.13. The largest absolute Gasteiger partial charge is 0.489 e. The molecule has 0 heterocycles. The molecule has 2 aromatic rings. The average Bonchev–Trinajstić information content (AvgIpc) is 2.49. The molecule has 0 saturated heterocycles. The van der Waals surface area contributed by atoms with Crippen molar-refractivity contribution in [2.24, 2.45) is 0 Å². The second-order valence-electron chi connectivity index (χ2n) is 5.03. The van der Waals surface area contributed by atoms with E-state index < -0.39 is 0 Å². The molecule has 0 aliphatic carbocycles. The lowest BCUT2D eigenvalue weighted by atomic mass is 10.1. The Bertz CT molecular complexity index is 663. The van der Waals surface area contributed by atoms with Crippen LogP contribution in [0.4, 0.5) is 0 Å². The topological polar surface area (TPSA) is 29.5 Å². The Morgan fingerprint density at radius 3 is 2.76 bits per heavy atom. The minimum Gasteiger partial charge on any atom is -0.489 e. The van der Waals surface area contributed by atoms with Crippen LogP contribution < -0.4 is 4.74 Å². The van der Waals surface area contributed by atoms with E-state index in [2.05, 4.69) is 37.0 Å². The molecule has 1 N–H and O–H groups in total. The number of hydrogen-bond donors (Lipinski definition) is 1. The molecule has 0 unspecified atom stereocenters. The van der Waals surface area contributed by atoms with Gasteiger partial charge in [0.1, 0.15) is 12.4 Å². The van der Waals surface area contributed by atoms with Gasteiger partial charge in [-0.1, -0.05) is 36.1 Å². The van der Waals surface area contributed by atoms with Gasteiger partial charge in [-0.3, -0.25) is 0 Å². The third-order valence-corrected chi connectivity index (χ3v) is 3.13. The molecule has 0 spiro atoms. The summed E-state index contributed by atoms with van der Waals surface area (Å²) in [6.07, 6.45) is 0.503. The highest BCUT2D eigenvalue weighted by molar-refractivity contribution is 5.38. The van der Waals surface area contributed by atoms with E-state index >= 15 is 0 Å². The van der Waals surface area contributed by atoms with Gasteiger partial charge < -0.3 is 9.84 Å². The van der Waals surface area contributed by atoms with Crippen LogP contribution in [0.15, 0.2) is 42.5 Å². The number of aryl methyl sites for hydroxylation is 2. The predicted octanol–water partition coefficient (Wildman–Crippen LogP) is 3.62. The van der Waals surface area contributed by atoms with Gasteiger partial charge in [-0.05, 0) is 48.7 Å². The fourth-order valence-electron chi connectivity index (χ4n) is 1.98. The molecule has 0 saturated carbocycles. The van der Waals surface area contributed by atoms with Crippen LogP contribution in [0.5, 0.6) is 5.75 Å². The van der Waals surface area contributed by atoms with Crippen molar-refractivity contribution in [2.75, 3.05) is 6.61 Å². The standard InChI is InChI=1S/C19H20O2/c1-15-9-10-16(2)19(12-15)21-14-18-8-5-7-17(13-18)6-3-4-11-20/h5,7-10,12-13,20H,4,11,14H2,1-2H3. The summed E-state index contributed by atoms with van der Waals surface area (Å²) in [6.45, 7) is 4.73. The molecular weight excluding hydrogens is 260 g/mol. The van der Waals surface area contributed by atoms with E-state index in [0.29, 0.717) is 13.0 Å². The van der Waals surface area contributed by atoms with Crippen molar-refractivity contribution in [3.8, 4) is 17.6 Å². The van der Waals surface area contributed by atoms with Crippen LogP contribution in [0.1, 0.15) is 28.7 Å². The monoisotopic (exact) mass is 280 g/mol. The Labute approximate surface area is 126 Å².